The minimum atomic E-state index is -0.982. The molecule has 0 N–H and O–H groups in total. The summed E-state index contributed by atoms with van der Waals surface area (Å²) in [7, 11) is 0. The summed E-state index contributed by atoms with van der Waals surface area (Å²) in [5.41, 5.74) is -1.49. The minimum Gasteiger partial charge on any atom is -0.376 e. The molecule has 2 aromatic carbocycles. The van der Waals surface area contributed by atoms with Gasteiger partial charge in [0.25, 0.3) is 5.56 Å². The molecule has 5 rings (SSSR count). The standard InChI is InChI=1S/C23H19F3N4O3/c24-15-7-8-19(18(26)10-15)30-21-20(22(31)29(23(30)32)12-16-5-3-9-33-16)28(13-27-21)11-14-4-1-2-6-17(14)25/h1-2,4,6-8,10,13,16H,3,5,9,11-12H2/t16-/m0/s1. The molecule has 4 aromatic rings. The lowest BCUT2D eigenvalue weighted by Crippen LogP contribution is -2.42. The second-order valence-corrected chi connectivity index (χ2v) is 7.90. The predicted octanol–water partition coefficient (Wildman–Crippen LogP) is 2.99. The third-order valence-corrected chi connectivity index (χ3v) is 5.76. The first kappa shape index (κ1) is 21.2. The largest absolute Gasteiger partial charge is 0.376 e. The molecule has 0 unspecified atom stereocenters. The lowest BCUT2D eigenvalue weighted by atomic mass is 10.2. The van der Waals surface area contributed by atoms with E-state index in [0.717, 1.165) is 27.7 Å². The second kappa shape index (κ2) is 8.36. The Morgan fingerprint density at radius 3 is 2.61 bits per heavy atom. The third-order valence-electron chi connectivity index (χ3n) is 5.76. The quantitative estimate of drug-likeness (QED) is 0.463. The molecule has 0 radical (unpaired) electrons. The van der Waals surface area contributed by atoms with Gasteiger partial charge in [0.05, 0.1) is 31.2 Å². The van der Waals surface area contributed by atoms with E-state index in [1.807, 2.05) is 0 Å². The molecule has 0 spiro atoms. The van der Waals surface area contributed by atoms with Gasteiger partial charge in [0.2, 0.25) is 0 Å². The topological polar surface area (TPSA) is 71.0 Å². The number of nitrogens with zero attached hydrogens (tertiary/aromatic N) is 4. The Morgan fingerprint density at radius 2 is 1.88 bits per heavy atom. The fourth-order valence-corrected chi connectivity index (χ4v) is 4.14. The Balaban J connectivity index is 1.76. The third kappa shape index (κ3) is 3.76. The number of rotatable bonds is 5. The van der Waals surface area contributed by atoms with Gasteiger partial charge in [0, 0.05) is 18.2 Å². The van der Waals surface area contributed by atoms with E-state index in [2.05, 4.69) is 4.98 Å². The summed E-state index contributed by atoms with van der Waals surface area (Å²) in [4.78, 5) is 30.9. The minimum absolute atomic E-state index is 0.000394. The maximum absolute atomic E-state index is 14.7. The highest BCUT2D eigenvalue weighted by molar-refractivity contribution is 5.72. The van der Waals surface area contributed by atoms with E-state index < -0.39 is 28.7 Å². The van der Waals surface area contributed by atoms with Gasteiger partial charge in [-0.3, -0.25) is 9.36 Å². The number of halogens is 3. The zero-order chi connectivity index (χ0) is 23.1. The van der Waals surface area contributed by atoms with Gasteiger partial charge in [-0.1, -0.05) is 18.2 Å². The molecular formula is C23H19F3N4O3. The molecule has 0 saturated carbocycles. The van der Waals surface area contributed by atoms with E-state index in [4.69, 9.17) is 4.74 Å². The lowest BCUT2D eigenvalue weighted by Gasteiger charge is -2.15. The van der Waals surface area contributed by atoms with E-state index in [0.29, 0.717) is 24.7 Å². The van der Waals surface area contributed by atoms with Gasteiger partial charge in [0.1, 0.15) is 17.5 Å². The van der Waals surface area contributed by atoms with E-state index >= 15 is 0 Å². The summed E-state index contributed by atoms with van der Waals surface area (Å²) >= 11 is 0. The number of fused-ring (bicyclic) bond motifs is 1. The van der Waals surface area contributed by atoms with Crippen LogP contribution in [0, 0.1) is 17.5 Å². The Bertz CT molecular complexity index is 1470. The number of aromatic nitrogens is 4. The Kier molecular flexibility index (Phi) is 5.37. The van der Waals surface area contributed by atoms with Crippen LogP contribution < -0.4 is 11.2 Å². The van der Waals surface area contributed by atoms with Crippen molar-refractivity contribution in [3.05, 3.63) is 92.6 Å². The van der Waals surface area contributed by atoms with Gasteiger partial charge in [-0.15, -0.1) is 0 Å². The Labute approximate surface area is 185 Å². The SMILES string of the molecule is O=c1c2c(ncn2Cc2ccccc2F)n(-c2ccc(F)cc2F)c(=O)n1C[C@@H]1CCCO1. The van der Waals surface area contributed by atoms with Crippen molar-refractivity contribution in [2.24, 2.45) is 0 Å². The molecule has 0 amide bonds. The van der Waals surface area contributed by atoms with Crippen molar-refractivity contribution >= 4 is 11.2 Å². The summed E-state index contributed by atoms with van der Waals surface area (Å²) in [6, 6.07) is 8.87. The molecule has 33 heavy (non-hydrogen) atoms. The van der Waals surface area contributed by atoms with Crippen molar-refractivity contribution in [3.8, 4) is 5.69 Å². The Morgan fingerprint density at radius 1 is 1.06 bits per heavy atom. The lowest BCUT2D eigenvalue weighted by molar-refractivity contribution is 0.0950. The maximum Gasteiger partial charge on any atom is 0.337 e. The van der Waals surface area contributed by atoms with Crippen LogP contribution in [0.15, 0.2) is 58.4 Å². The number of benzene rings is 2. The van der Waals surface area contributed by atoms with Crippen LogP contribution in [-0.4, -0.2) is 31.4 Å². The fraction of sp³-hybridized carbons (Fsp3) is 0.261. The maximum atomic E-state index is 14.7. The van der Waals surface area contributed by atoms with Crippen LogP contribution in [0.25, 0.3) is 16.9 Å². The summed E-state index contributed by atoms with van der Waals surface area (Å²) in [6.45, 7) is 0.470. The van der Waals surface area contributed by atoms with Crippen LogP contribution in [-0.2, 0) is 17.8 Å². The van der Waals surface area contributed by atoms with Crippen molar-refractivity contribution in [2.45, 2.75) is 32.0 Å². The average Bonchev–Trinajstić information content (AvgIpc) is 3.44. The van der Waals surface area contributed by atoms with E-state index in [1.54, 1.807) is 18.2 Å². The van der Waals surface area contributed by atoms with Crippen LogP contribution in [0.3, 0.4) is 0 Å². The monoisotopic (exact) mass is 456 g/mol. The molecule has 1 aliphatic heterocycles. The van der Waals surface area contributed by atoms with E-state index in [-0.39, 0.29) is 36.0 Å². The highest BCUT2D eigenvalue weighted by Crippen LogP contribution is 2.19. The summed E-state index contributed by atoms with van der Waals surface area (Å²) in [5, 5.41) is 0. The second-order valence-electron chi connectivity index (χ2n) is 7.90. The van der Waals surface area contributed by atoms with Crippen LogP contribution in [0.1, 0.15) is 18.4 Å². The van der Waals surface area contributed by atoms with Crippen LogP contribution >= 0.6 is 0 Å². The first-order valence-corrected chi connectivity index (χ1v) is 10.4. The first-order valence-electron chi connectivity index (χ1n) is 10.4. The molecule has 2 aromatic heterocycles. The summed E-state index contributed by atoms with van der Waals surface area (Å²) < 4.78 is 51.4. The van der Waals surface area contributed by atoms with Crippen LogP contribution in [0.4, 0.5) is 13.2 Å². The highest BCUT2D eigenvalue weighted by Gasteiger charge is 2.24. The number of ether oxygens (including phenoxy) is 1. The molecule has 1 saturated heterocycles. The van der Waals surface area contributed by atoms with Crippen molar-refractivity contribution in [1.29, 1.82) is 0 Å². The molecule has 1 aliphatic rings. The molecule has 1 atom stereocenters. The van der Waals surface area contributed by atoms with Gasteiger partial charge in [0.15, 0.2) is 11.2 Å². The van der Waals surface area contributed by atoms with E-state index in [9.17, 15) is 22.8 Å². The molecule has 7 nitrogen and oxygen atoms in total. The molecule has 0 bridgehead atoms. The molecule has 170 valence electrons. The summed E-state index contributed by atoms with van der Waals surface area (Å²) in [6.07, 6.45) is 2.42. The van der Waals surface area contributed by atoms with Gasteiger partial charge < -0.3 is 9.30 Å². The highest BCUT2D eigenvalue weighted by atomic mass is 19.1. The van der Waals surface area contributed by atoms with Crippen molar-refractivity contribution in [2.75, 3.05) is 6.61 Å². The number of imidazole rings is 1. The smallest absolute Gasteiger partial charge is 0.337 e. The molecule has 3 heterocycles. The molecule has 10 heteroatoms. The average molecular weight is 456 g/mol. The van der Waals surface area contributed by atoms with Crippen LogP contribution in [0.2, 0.25) is 0 Å². The van der Waals surface area contributed by atoms with Gasteiger partial charge >= 0.3 is 5.69 Å². The molecular weight excluding hydrogens is 437 g/mol. The van der Waals surface area contributed by atoms with Crippen molar-refractivity contribution in [1.82, 2.24) is 18.7 Å². The van der Waals surface area contributed by atoms with Gasteiger partial charge in [-0.25, -0.2) is 27.5 Å². The first-order chi connectivity index (χ1) is 15.9. The normalized spacial score (nSPS) is 16.0. The molecule has 1 fully saturated rings. The van der Waals surface area contributed by atoms with Crippen molar-refractivity contribution < 1.29 is 17.9 Å². The van der Waals surface area contributed by atoms with Gasteiger partial charge in [-0.05, 0) is 31.0 Å². The number of hydrogen-bond acceptors (Lipinski definition) is 4. The number of hydrogen-bond donors (Lipinski definition) is 0. The molecule has 0 aliphatic carbocycles. The van der Waals surface area contributed by atoms with Crippen LogP contribution in [0.5, 0.6) is 0 Å². The van der Waals surface area contributed by atoms with Gasteiger partial charge in [-0.2, -0.15) is 0 Å². The van der Waals surface area contributed by atoms with Crippen molar-refractivity contribution in [3.63, 3.8) is 0 Å². The fourth-order valence-electron chi connectivity index (χ4n) is 4.14. The zero-order valence-electron chi connectivity index (χ0n) is 17.4. The summed E-state index contributed by atoms with van der Waals surface area (Å²) in [5.74, 6) is -2.25. The van der Waals surface area contributed by atoms with E-state index in [1.165, 1.54) is 17.0 Å². The Hall–Kier alpha value is -3.66. The predicted molar refractivity (Wildman–Crippen MR) is 114 cm³/mol. The zero-order valence-corrected chi connectivity index (χ0v) is 17.4.